The molecule has 3 heteroatoms. The molecule has 1 heterocycles. The molecule has 0 aliphatic rings. The van der Waals surface area contributed by atoms with Crippen molar-refractivity contribution in [2.24, 2.45) is 0 Å². The summed E-state index contributed by atoms with van der Waals surface area (Å²) < 4.78 is 5.38. The number of ether oxygens (including phenoxy) is 1. The summed E-state index contributed by atoms with van der Waals surface area (Å²) >= 11 is 0. The number of nitrogens with zero attached hydrogens (tertiary/aromatic N) is 1. The minimum atomic E-state index is -0.691. The summed E-state index contributed by atoms with van der Waals surface area (Å²) in [5.74, 6) is 0.0168. The molecule has 0 atom stereocenters. The van der Waals surface area contributed by atoms with E-state index in [1.807, 2.05) is 13.8 Å². The molecular weight excluding hydrogens is 190 g/mol. The summed E-state index contributed by atoms with van der Waals surface area (Å²) in [5, 5.41) is 0. The second kappa shape index (κ2) is 5.03. The Morgan fingerprint density at radius 2 is 2.13 bits per heavy atom. The Morgan fingerprint density at radius 3 is 2.53 bits per heavy atom. The molecule has 0 aliphatic carbocycles. The van der Waals surface area contributed by atoms with Gasteiger partial charge >= 0.3 is 0 Å². The molecule has 0 saturated carbocycles. The lowest BCUT2D eigenvalue weighted by atomic mass is 9.88. The average Bonchev–Trinajstić information content (AvgIpc) is 2.33. The predicted octanol–water partition coefficient (Wildman–Crippen LogP) is 2.47. The minimum Gasteiger partial charge on any atom is -0.370 e. The van der Waals surface area contributed by atoms with Crippen molar-refractivity contribution in [3.63, 3.8) is 0 Å². The Balaban J connectivity index is 3.01. The van der Waals surface area contributed by atoms with Crippen LogP contribution in [-0.2, 0) is 4.74 Å². The lowest BCUT2D eigenvalue weighted by molar-refractivity contribution is -0.00264. The highest BCUT2D eigenvalue weighted by molar-refractivity contribution is 6.02. The van der Waals surface area contributed by atoms with Gasteiger partial charge in [-0.15, -0.1) is 0 Å². The van der Waals surface area contributed by atoms with Gasteiger partial charge < -0.3 is 4.74 Å². The van der Waals surface area contributed by atoms with Crippen LogP contribution in [0.3, 0.4) is 0 Å². The molecule has 0 radical (unpaired) electrons. The average molecular weight is 207 g/mol. The Morgan fingerprint density at radius 1 is 1.47 bits per heavy atom. The maximum atomic E-state index is 12.2. The summed E-state index contributed by atoms with van der Waals surface area (Å²) in [5.41, 5.74) is -0.0775. The number of ketones is 1. The Bertz CT molecular complexity index is 309. The first kappa shape index (κ1) is 11.9. The van der Waals surface area contributed by atoms with Crippen LogP contribution in [0.25, 0.3) is 0 Å². The third-order valence-electron chi connectivity index (χ3n) is 2.87. The van der Waals surface area contributed by atoms with Crippen molar-refractivity contribution in [1.29, 1.82) is 0 Å². The van der Waals surface area contributed by atoms with Gasteiger partial charge in [0.2, 0.25) is 0 Å². The monoisotopic (exact) mass is 207 g/mol. The molecule has 15 heavy (non-hydrogen) atoms. The van der Waals surface area contributed by atoms with Gasteiger partial charge in [-0.05, 0) is 25.0 Å². The first-order valence-corrected chi connectivity index (χ1v) is 5.20. The van der Waals surface area contributed by atoms with Crippen LogP contribution in [-0.4, -0.2) is 23.5 Å². The topological polar surface area (TPSA) is 39.2 Å². The molecule has 1 aromatic rings. The van der Waals surface area contributed by atoms with Crippen molar-refractivity contribution in [2.45, 2.75) is 32.3 Å². The summed E-state index contributed by atoms with van der Waals surface area (Å²) in [7, 11) is 1.58. The predicted molar refractivity (Wildman–Crippen MR) is 58.9 cm³/mol. The minimum absolute atomic E-state index is 0.0168. The maximum absolute atomic E-state index is 12.2. The van der Waals surface area contributed by atoms with Gasteiger partial charge in [0, 0.05) is 25.1 Å². The van der Waals surface area contributed by atoms with Gasteiger partial charge in [0.15, 0.2) is 5.78 Å². The highest BCUT2D eigenvalue weighted by Gasteiger charge is 2.35. The van der Waals surface area contributed by atoms with Gasteiger partial charge in [0.1, 0.15) is 5.60 Å². The molecule has 1 aromatic heterocycles. The number of aromatic nitrogens is 1. The highest BCUT2D eigenvalue weighted by Crippen LogP contribution is 2.24. The first-order valence-electron chi connectivity index (χ1n) is 5.20. The van der Waals surface area contributed by atoms with Crippen LogP contribution < -0.4 is 0 Å². The van der Waals surface area contributed by atoms with E-state index in [0.29, 0.717) is 18.4 Å². The van der Waals surface area contributed by atoms with E-state index >= 15 is 0 Å². The van der Waals surface area contributed by atoms with Gasteiger partial charge in [0.25, 0.3) is 0 Å². The number of hydrogen-bond acceptors (Lipinski definition) is 3. The third kappa shape index (κ3) is 2.23. The van der Waals surface area contributed by atoms with Gasteiger partial charge in [-0.1, -0.05) is 13.8 Å². The van der Waals surface area contributed by atoms with Crippen LogP contribution in [0.1, 0.15) is 37.0 Å². The fraction of sp³-hybridized carbons (Fsp3) is 0.500. The first-order chi connectivity index (χ1) is 7.20. The number of carbonyl (C=O) groups excluding carboxylic acids is 1. The fourth-order valence-corrected chi connectivity index (χ4v) is 1.71. The van der Waals surface area contributed by atoms with Crippen molar-refractivity contribution >= 4 is 5.78 Å². The second-order valence-corrected chi connectivity index (χ2v) is 3.48. The Kier molecular flexibility index (Phi) is 3.97. The molecule has 1 rings (SSSR count). The van der Waals surface area contributed by atoms with E-state index in [9.17, 15) is 4.79 Å². The maximum Gasteiger partial charge on any atom is 0.196 e. The van der Waals surface area contributed by atoms with Crippen LogP contribution in [0.2, 0.25) is 0 Å². The molecule has 0 aromatic carbocycles. The molecule has 0 spiro atoms. The van der Waals surface area contributed by atoms with E-state index < -0.39 is 5.60 Å². The number of pyridine rings is 1. The summed E-state index contributed by atoms with van der Waals surface area (Å²) in [6.07, 6.45) is 4.59. The lowest BCUT2D eigenvalue weighted by Gasteiger charge is -2.28. The van der Waals surface area contributed by atoms with E-state index in [0.717, 1.165) is 0 Å². The zero-order valence-electron chi connectivity index (χ0n) is 9.49. The van der Waals surface area contributed by atoms with E-state index in [4.69, 9.17) is 4.74 Å². The van der Waals surface area contributed by atoms with Gasteiger partial charge in [-0.2, -0.15) is 0 Å². The Labute approximate surface area is 90.5 Å². The van der Waals surface area contributed by atoms with Crippen molar-refractivity contribution < 1.29 is 9.53 Å². The zero-order valence-corrected chi connectivity index (χ0v) is 9.49. The smallest absolute Gasteiger partial charge is 0.196 e. The molecular formula is C12H17NO2. The second-order valence-electron chi connectivity index (χ2n) is 3.48. The fourth-order valence-electron chi connectivity index (χ4n) is 1.71. The Hall–Kier alpha value is -1.22. The molecule has 82 valence electrons. The molecule has 0 aliphatic heterocycles. The third-order valence-corrected chi connectivity index (χ3v) is 2.87. The van der Waals surface area contributed by atoms with E-state index in [2.05, 4.69) is 4.98 Å². The number of carbonyl (C=O) groups is 1. The van der Waals surface area contributed by atoms with Crippen LogP contribution in [0, 0.1) is 0 Å². The zero-order chi connectivity index (χ0) is 11.3. The largest absolute Gasteiger partial charge is 0.370 e. The van der Waals surface area contributed by atoms with Gasteiger partial charge in [0.05, 0.1) is 0 Å². The van der Waals surface area contributed by atoms with Crippen molar-refractivity contribution in [3.05, 3.63) is 30.1 Å². The van der Waals surface area contributed by atoms with Crippen LogP contribution in [0.15, 0.2) is 24.5 Å². The SMILES string of the molecule is CCC(CC)(OC)C(=O)c1cccnc1. The molecule has 0 unspecified atom stereocenters. The summed E-state index contributed by atoms with van der Waals surface area (Å²) in [6.45, 7) is 3.92. The number of Topliss-reactive ketones (excluding diaryl/α,β-unsaturated/α-hetero) is 1. The van der Waals surface area contributed by atoms with E-state index in [1.54, 1.807) is 31.6 Å². The molecule has 0 bridgehead atoms. The molecule has 0 saturated heterocycles. The molecule has 0 fully saturated rings. The van der Waals surface area contributed by atoms with Crippen LogP contribution in [0.4, 0.5) is 0 Å². The molecule has 0 amide bonds. The molecule has 3 nitrogen and oxygen atoms in total. The van der Waals surface area contributed by atoms with Crippen molar-refractivity contribution in [2.75, 3.05) is 7.11 Å². The number of methoxy groups -OCH3 is 1. The normalized spacial score (nSPS) is 11.4. The van der Waals surface area contributed by atoms with Crippen LogP contribution in [0.5, 0.6) is 0 Å². The standard InChI is InChI=1S/C12H17NO2/c1-4-12(5-2,15-3)11(14)10-7-6-8-13-9-10/h6-9H,4-5H2,1-3H3. The van der Waals surface area contributed by atoms with Gasteiger partial charge in [-0.3, -0.25) is 9.78 Å². The van der Waals surface area contributed by atoms with Gasteiger partial charge in [-0.25, -0.2) is 0 Å². The lowest BCUT2D eigenvalue weighted by Crippen LogP contribution is -2.39. The summed E-state index contributed by atoms with van der Waals surface area (Å²) in [6, 6.07) is 3.54. The number of rotatable bonds is 5. The van der Waals surface area contributed by atoms with Crippen LogP contribution >= 0.6 is 0 Å². The van der Waals surface area contributed by atoms with E-state index in [1.165, 1.54) is 0 Å². The number of hydrogen-bond donors (Lipinski definition) is 0. The van der Waals surface area contributed by atoms with Crippen molar-refractivity contribution in [3.8, 4) is 0 Å². The summed E-state index contributed by atoms with van der Waals surface area (Å²) in [4.78, 5) is 16.1. The van der Waals surface area contributed by atoms with Crippen molar-refractivity contribution in [1.82, 2.24) is 4.98 Å². The quantitative estimate of drug-likeness (QED) is 0.696. The molecule has 0 N–H and O–H groups in total. The van der Waals surface area contributed by atoms with E-state index in [-0.39, 0.29) is 5.78 Å². The highest BCUT2D eigenvalue weighted by atomic mass is 16.5.